The van der Waals surface area contributed by atoms with Crippen LogP contribution in [0.3, 0.4) is 0 Å². The Bertz CT molecular complexity index is 1050. The highest BCUT2D eigenvalue weighted by Gasteiger charge is 2.09. The number of benzene rings is 3. The molecule has 0 spiro atoms. The Morgan fingerprint density at radius 3 is 2.45 bits per heavy atom. The Labute approximate surface area is 140 Å². The Kier molecular flexibility index (Phi) is 3.22. The largest absolute Gasteiger partial charge is 0.456 e. The lowest BCUT2D eigenvalue weighted by atomic mass is 10.0. The Morgan fingerprint density at radius 2 is 1.64 bits per heavy atom. The van der Waals surface area contributed by atoms with E-state index in [2.05, 4.69) is 22.6 Å². The molecule has 0 aliphatic carbocycles. The van der Waals surface area contributed by atoms with Gasteiger partial charge < -0.3 is 4.42 Å². The monoisotopic (exact) mass is 398 g/mol. The van der Waals surface area contributed by atoms with Gasteiger partial charge in [-0.05, 0) is 51.6 Å². The van der Waals surface area contributed by atoms with Crippen molar-refractivity contribution in [3.8, 4) is 11.3 Å². The molecule has 0 amide bonds. The summed E-state index contributed by atoms with van der Waals surface area (Å²) in [6.07, 6.45) is 0. The summed E-state index contributed by atoms with van der Waals surface area (Å²) in [7, 11) is 0. The van der Waals surface area contributed by atoms with Gasteiger partial charge in [-0.1, -0.05) is 42.5 Å². The van der Waals surface area contributed by atoms with Gasteiger partial charge in [0, 0.05) is 15.2 Å². The van der Waals surface area contributed by atoms with Crippen LogP contribution in [0.2, 0.25) is 0 Å². The van der Waals surface area contributed by atoms with Gasteiger partial charge in [0.2, 0.25) is 0 Å². The van der Waals surface area contributed by atoms with Crippen molar-refractivity contribution < 1.29 is 4.42 Å². The number of hydrogen-bond acceptors (Lipinski definition) is 2. The van der Waals surface area contributed by atoms with E-state index >= 15 is 0 Å². The molecule has 0 atom stereocenters. The topological polar surface area (TPSA) is 30.2 Å². The second kappa shape index (κ2) is 5.25. The smallest absolute Gasteiger partial charge is 0.193 e. The molecule has 106 valence electrons. The van der Waals surface area contributed by atoms with Gasteiger partial charge in [-0.3, -0.25) is 4.79 Å². The minimum atomic E-state index is -0.00778. The van der Waals surface area contributed by atoms with E-state index in [4.69, 9.17) is 4.42 Å². The zero-order valence-electron chi connectivity index (χ0n) is 11.5. The number of fused-ring (bicyclic) bond motifs is 3. The first-order valence-electron chi connectivity index (χ1n) is 6.94. The van der Waals surface area contributed by atoms with Crippen molar-refractivity contribution in [1.29, 1.82) is 0 Å². The first kappa shape index (κ1) is 13.5. The minimum absolute atomic E-state index is 0.00778. The Balaban J connectivity index is 2.03. The maximum atomic E-state index is 12.6. The zero-order chi connectivity index (χ0) is 15.1. The van der Waals surface area contributed by atoms with Crippen LogP contribution in [0.4, 0.5) is 0 Å². The number of hydrogen-bond donors (Lipinski definition) is 0. The Hall–Kier alpha value is -2.14. The molecule has 0 saturated carbocycles. The third-order valence-corrected chi connectivity index (χ3v) is 4.47. The molecule has 0 fully saturated rings. The van der Waals surface area contributed by atoms with Crippen molar-refractivity contribution in [2.45, 2.75) is 0 Å². The molecule has 0 unspecified atom stereocenters. The molecule has 4 rings (SSSR count). The van der Waals surface area contributed by atoms with E-state index in [9.17, 15) is 4.79 Å². The van der Waals surface area contributed by atoms with Crippen molar-refractivity contribution in [3.63, 3.8) is 0 Å². The molecule has 4 aromatic rings. The molecule has 3 heteroatoms. The summed E-state index contributed by atoms with van der Waals surface area (Å²) in [4.78, 5) is 12.6. The normalized spacial score (nSPS) is 11.1. The molecular weight excluding hydrogens is 387 g/mol. The first-order chi connectivity index (χ1) is 10.7. The van der Waals surface area contributed by atoms with E-state index in [0.717, 1.165) is 19.9 Å². The molecule has 0 bridgehead atoms. The van der Waals surface area contributed by atoms with Crippen LogP contribution in [0.1, 0.15) is 0 Å². The van der Waals surface area contributed by atoms with Gasteiger partial charge in [-0.25, -0.2) is 0 Å². The fourth-order valence-corrected chi connectivity index (χ4v) is 3.05. The highest BCUT2D eigenvalue weighted by atomic mass is 127. The van der Waals surface area contributed by atoms with Crippen LogP contribution in [0.25, 0.3) is 33.1 Å². The van der Waals surface area contributed by atoms with Crippen molar-refractivity contribution in [2.75, 3.05) is 0 Å². The lowest BCUT2D eigenvalue weighted by Gasteiger charge is -2.06. The van der Waals surface area contributed by atoms with E-state index in [1.807, 2.05) is 60.7 Å². The lowest BCUT2D eigenvalue weighted by molar-refractivity contribution is 0.619. The fraction of sp³-hybridized carbons (Fsp3) is 0. The minimum Gasteiger partial charge on any atom is -0.456 e. The molecule has 0 saturated heterocycles. The fourth-order valence-electron chi connectivity index (χ4n) is 2.69. The van der Waals surface area contributed by atoms with Gasteiger partial charge >= 0.3 is 0 Å². The van der Waals surface area contributed by atoms with Crippen molar-refractivity contribution in [2.24, 2.45) is 0 Å². The summed E-state index contributed by atoms with van der Waals surface area (Å²) in [5, 5.41) is 2.62. The van der Waals surface area contributed by atoms with Crippen LogP contribution in [0, 0.1) is 3.57 Å². The second-order valence-corrected chi connectivity index (χ2v) is 6.39. The van der Waals surface area contributed by atoms with E-state index in [1.54, 1.807) is 6.07 Å². The second-order valence-electron chi connectivity index (χ2n) is 5.14. The predicted octanol–water partition coefficient (Wildman–Crippen LogP) is 5.22. The molecule has 2 nitrogen and oxygen atoms in total. The number of rotatable bonds is 1. The van der Waals surface area contributed by atoms with Gasteiger partial charge in [-0.2, -0.15) is 0 Å². The van der Waals surface area contributed by atoms with Gasteiger partial charge in [0.1, 0.15) is 11.3 Å². The summed E-state index contributed by atoms with van der Waals surface area (Å²) in [5.41, 5.74) is 1.53. The summed E-state index contributed by atoms with van der Waals surface area (Å²) < 4.78 is 7.12. The van der Waals surface area contributed by atoms with Gasteiger partial charge in [0.05, 0.1) is 5.39 Å². The van der Waals surface area contributed by atoms with E-state index < -0.39 is 0 Å². The molecule has 0 aliphatic heterocycles. The lowest BCUT2D eigenvalue weighted by Crippen LogP contribution is -2.01. The zero-order valence-corrected chi connectivity index (χ0v) is 13.7. The van der Waals surface area contributed by atoms with Gasteiger partial charge in [-0.15, -0.1) is 0 Å². The summed E-state index contributed by atoms with van der Waals surface area (Å²) in [5.74, 6) is 0.601. The third kappa shape index (κ3) is 2.22. The molecule has 3 aromatic carbocycles. The van der Waals surface area contributed by atoms with Crippen LogP contribution in [0.5, 0.6) is 0 Å². The predicted molar refractivity (Wildman–Crippen MR) is 98.1 cm³/mol. The summed E-state index contributed by atoms with van der Waals surface area (Å²) >= 11 is 2.25. The van der Waals surface area contributed by atoms with E-state index in [1.165, 1.54) is 0 Å². The molecule has 1 aromatic heterocycles. The molecule has 0 N–H and O–H groups in total. The van der Waals surface area contributed by atoms with Crippen molar-refractivity contribution >= 4 is 44.3 Å². The molecule has 22 heavy (non-hydrogen) atoms. The maximum Gasteiger partial charge on any atom is 0.193 e. The van der Waals surface area contributed by atoms with Crippen molar-refractivity contribution in [1.82, 2.24) is 0 Å². The van der Waals surface area contributed by atoms with Crippen LogP contribution >= 0.6 is 22.6 Å². The summed E-state index contributed by atoms with van der Waals surface area (Å²) in [6.45, 7) is 0. The van der Waals surface area contributed by atoms with Crippen LogP contribution in [0.15, 0.2) is 75.9 Å². The van der Waals surface area contributed by atoms with Gasteiger partial charge in [0.25, 0.3) is 0 Å². The average Bonchev–Trinajstić information content (AvgIpc) is 2.55. The first-order valence-corrected chi connectivity index (χ1v) is 8.02. The Morgan fingerprint density at radius 1 is 0.864 bits per heavy atom. The SMILES string of the molecule is O=c1cc(-c2ccc(I)cc2)oc2ccc3ccccc3c12. The third-order valence-electron chi connectivity index (χ3n) is 3.75. The highest BCUT2D eigenvalue weighted by Crippen LogP contribution is 2.27. The maximum absolute atomic E-state index is 12.6. The quantitative estimate of drug-likeness (QED) is 0.325. The van der Waals surface area contributed by atoms with Crippen molar-refractivity contribution in [3.05, 3.63) is 80.5 Å². The molecule has 0 radical (unpaired) electrons. The van der Waals surface area contributed by atoms with Gasteiger partial charge in [0.15, 0.2) is 5.43 Å². The molecular formula is C19H11IO2. The summed E-state index contributed by atoms with van der Waals surface area (Å²) in [6, 6.07) is 21.2. The van der Waals surface area contributed by atoms with E-state index in [-0.39, 0.29) is 5.43 Å². The van der Waals surface area contributed by atoms with E-state index in [0.29, 0.717) is 16.7 Å². The van der Waals surface area contributed by atoms with Crippen LogP contribution in [-0.2, 0) is 0 Å². The van der Waals surface area contributed by atoms with Crippen LogP contribution < -0.4 is 5.43 Å². The highest BCUT2D eigenvalue weighted by molar-refractivity contribution is 14.1. The van der Waals surface area contributed by atoms with Crippen LogP contribution in [-0.4, -0.2) is 0 Å². The standard InChI is InChI=1S/C19H11IO2/c20-14-8-5-13(6-9-14)18-11-16(21)19-15-4-2-1-3-12(15)7-10-17(19)22-18/h1-11H. The number of halogens is 1. The molecule has 1 heterocycles. The molecule has 0 aliphatic rings. The average molecular weight is 398 g/mol.